The van der Waals surface area contributed by atoms with Crippen molar-refractivity contribution < 1.29 is 28.6 Å². The van der Waals surface area contributed by atoms with Gasteiger partial charge >= 0.3 is 6.03 Å². The van der Waals surface area contributed by atoms with Crippen molar-refractivity contribution in [2.24, 2.45) is 0 Å². The van der Waals surface area contributed by atoms with Crippen molar-refractivity contribution in [2.75, 3.05) is 18.6 Å². The van der Waals surface area contributed by atoms with Gasteiger partial charge in [0.2, 0.25) is 0 Å². The molecule has 0 saturated carbocycles. The molecule has 0 atom stereocenters. The predicted molar refractivity (Wildman–Crippen MR) is 145 cm³/mol. The standard InChI is InChI=1S/C28H24Cl2N2O6/c1-3-12-37-20-10-8-19(9-11-20)32-27(34)21(26(33)31-28(32)35)13-17-14-23(30)25(24(15-17)36-2)38-16-18-6-4-5-7-22(18)29/h4-11,13-15H,3,12,16H2,1-2H3,(H,31,33,35)/b21-13-. The van der Waals surface area contributed by atoms with Crippen molar-refractivity contribution in [1.29, 1.82) is 0 Å². The zero-order valence-electron chi connectivity index (χ0n) is 20.6. The van der Waals surface area contributed by atoms with Gasteiger partial charge in [-0.2, -0.15) is 0 Å². The highest BCUT2D eigenvalue weighted by atomic mass is 35.5. The van der Waals surface area contributed by atoms with E-state index < -0.39 is 17.8 Å². The molecule has 1 saturated heterocycles. The summed E-state index contributed by atoms with van der Waals surface area (Å²) < 4.78 is 16.9. The molecule has 4 amide bonds. The fourth-order valence-corrected chi connectivity index (χ4v) is 4.16. The number of hydrogen-bond acceptors (Lipinski definition) is 6. The molecule has 0 bridgehead atoms. The highest BCUT2D eigenvalue weighted by Gasteiger charge is 2.37. The van der Waals surface area contributed by atoms with Crippen LogP contribution >= 0.6 is 23.2 Å². The number of nitrogens with one attached hydrogen (secondary N) is 1. The lowest BCUT2D eigenvalue weighted by molar-refractivity contribution is -0.122. The summed E-state index contributed by atoms with van der Waals surface area (Å²) in [5.74, 6) is -0.442. The van der Waals surface area contributed by atoms with Crippen LogP contribution in [0.2, 0.25) is 10.0 Å². The van der Waals surface area contributed by atoms with Gasteiger partial charge in [0.05, 0.1) is 24.4 Å². The highest BCUT2D eigenvalue weighted by Crippen LogP contribution is 2.38. The van der Waals surface area contributed by atoms with Crippen LogP contribution in [-0.4, -0.2) is 31.6 Å². The van der Waals surface area contributed by atoms with Crippen LogP contribution in [0.15, 0.2) is 66.2 Å². The van der Waals surface area contributed by atoms with Gasteiger partial charge in [-0.3, -0.25) is 14.9 Å². The number of methoxy groups -OCH3 is 1. The number of anilines is 1. The maximum Gasteiger partial charge on any atom is 0.335 e. The first-order chi connectivity index (χ1) is 18.3. The molecular formula is C28H24Cl2N2O6. The molecule has 0 unspecified atom stereocenters. The smallest absolute Gasteiger partial charge is 0.335 e. The van der Waals surface area contributed by atoms with E-state index in [-0.39, 0.29) is 34.4 Å². The normalized spacial score (nSPS) is 14.5. The topological polar surface area (TPSA) is 94.2 Å². The summed E-state index contributed by atoms with van der Waals surface area (Å²) >= 11 is 12.7. The van der Waals surface area contributed by atoms with E-state index >= 15 is 0 Å². The third-order valence-electron chi connectivity index (χ3n) is 5.56. The molecule has 0 radical (unpaired) electrons. The van der Waals surface area contributed by atoms with Crippen molar-refractivity contribution in [3.8, 4) is 17.2 Å². The van der Waals surface area contributed by atoms with Gasteiger partial charge in [-0.15, -0.1) is 0 Å². The van der Waals surface area contributed by atoms with Crippen LogP contribution in [0.4, 0.5) is 10.5 Å². The molecule has 3 aromatic carbocycles. The van der Waals surface area contributed by atoms with Crippen LogP contribution in [0.3, 0.4) is 0 Å². The first-order valence-electron chi connectivity index (χ1n) is 11.7. The number of amides is 4. The summed E-state index contributed by atoms with van der Waals surface area (Å²) in [7, 11) is 1.44. The van der Waals surface area contributed by atoms with Gasteiger partial charge in [-0.1, -0.05) is 48.3 Å². The molecule has 1 heterocycles. The minimum Gasteiger partial charge on any atom is -0.494 e. The Hall–Kier alpha value is -4.01. The summed E-state index contributed by atoms with van der Waals surface area (Å²) in [5.41, 5.74) is 1.19. The maximum atomic E-state index is 13.2. The maximum absolute atomic E-state index is 13.2. The molecule has 1 N–H and O–H groups in total. The molecule has 4 rings (SSSR count). The van der Waals surface area contributed by atoms with Crippen LogP contribution in [0.25, 0.3) is 6.08 Å². The molecule has 8 nitrogen and oxygen atoms in total. The molecule has 1 fully saturated rings. The molecular weight excluding hydrogens is 531 g/mol. The highest BCUT2D eigenvalue weighted by molar-refractivity contribution is 6.39. The number of rotatable bonds is 9. The SMILES string of the molecule is CCCOc1ccc(N2C(=O)NC(=O)/C(=C/c3cc(Cl)c(OCc4ccccc4Cl)c(OC)c3)C2=O)cc1. The van der Waals surface area contributed by atoms with Crippen molar-refractivity contribution in [2.45, 2.75) is 20.0 Å². The molecule has 1 aliphatic heterocycles. The summed E-state index contributed by atoms with van der Waals surface area (Å²) in [6, 6.07) is 15.9. The average molecular weight is 555 g/mol. The van der Waals surface area contributed by atoms with Crippen molar-refractivity contribution in [3.05, 3.63) is 87.4 Å². The minimum atomic E-state index is -0.849. The van der Waals surface area contributed by atoms with Gasteiger partial charge in [0, 0.05) is 10.6 Å². The lowest BCUT2D eigenvalue weighted by atomic mass is 10.1. The van der Waals surface area contributed by atoms with E-state index in [2.05, 4.69) is 5.32 Å². The second-order valence-corrected chi connectivity index (χ2v) is 9.03. The van der Waals surface area contributed by atoms with Crippen LogP contribution in [0, 0.1) is 0 Å². The van der Waals surface area contributed by atoms with Gasteiger partial charge in [0.1, 0.15) is 17.9 Å². The predicted octanol–water partition coefficient (Wildman–Crippen LogP) is 6.04. The van der Waals surface area contributed by atoms with Crippen molar-refractivity contribution >= 4 is 52.8 Å². The van der Waals surface area contributed by atoms with Gasteiger partial charge in [0.15, 0.2) is 11.5 Å². The largest absolute Gasteiger partial charge is 0.494 e. The molecule has 10 heteroatoms. The Morgan fingerprint density at radius 2 is 1.68 bits per heavy atom. The fourth-order valence-electron chi connectivity index (χ4n) is 3.70. The number of ether oxygens (including phenoxy) is 3. The quantitative estimate of drug-likeness (QED) is 0.256. The Kier molecular flexibility index (Phi) is 8.55. The van der Waals surface area contributed by atoms with E-state index in [1.165, 1.54) is 19.3 Å². The fraction of sp³-hybridized carbons (Fsp3) is 0.179. The van der Waals surface area contributed by atoms with Crippen molar-refractivity contribution in [3.63, 3.8) is 0 Å². The number of carbonyl (C=O) groups is 3. The number of benzene rings is 3. The van der Waals surface area contributed by atoms with E-state index in [4.69, 9.17) is 37.4 Å². The average Bonchev–Trinajstić information content (AvgIpc) is 2.90. The Morgan fingerprint density at radius 3 is 2.37 bits per heavy atom. The van der Waals surface area contributed by atoms with Gasteiger partial charge in [-0.25, -0.2) is 9.69 Å². The Balaban J connectivity index is 1.60. The van der Waals surface area contributed by atoms with Crippen LogP contribution < -0.4 is 24.4 Å². The molecule has 0 spiro atoms. The number of imide groups is 2. The number of halogens is 2. The zero-order valence-corrected chi connectivity index (χ0v) is 22.1. The lowest BCUT2D eigenvalue weighted by Crippen LogP contribution is -2.54. The molecule has 0 aromatic heterocycles. The van der Waals surface area contributed by atoms with E-state index in [1.807, 2.05) is 25.1 Å². The zero-order chi connectivity index (χ0) is 27.2. The second-order valence-electron chi connectivity index (χ2n) is 8.21. The van der Waals surface area contributed by atoms with Gasteiger partial charge in [0.25, 0.3) is 11.8 Å². The molecule has 3 aromatic rings. The van der Waals surface area contributed by atoms with Crippen molar-refractivity contribution in [1.82, 2.24) is 5.32 Å². The summed E-state index contributed by atoms with van der Waals surface area (Å²) in [6.07, 6.45) is 2.18. The first kappa shape index (κ1) is 27.0. The number of carbonyl (C=O) groups excluding carboxylic acids is 3. The van der Waals surface area contributed by atoms with E-state index in [9.17, 15) is 14.4 Å². The van der Waals surface area contributed by atoms with Crippen LogP contribution in [-0.2, 0) is 16.2 Å². The van der Waals surface area contributed by atoms with Gasteiger partial charge < -0.3 is 14.2 Å². The molecule has 38 heavy (non-hydrogen) atoms. The third-order valence-corrected chi connectivity index (χ3v) is 6.21. The van der Waals surface area contributed by atoms with E-state index in [0.717, 1.165) is 16.9 Å². The van der Waals surface area contributed by atoms with Crippen LogP contribution in [0.5, 0.6) is 17.2 Å². The second kappa shape index (κ2) is 12.0. The Morgan fingerprint density at radius 1 is 0.947 bits per heavy atom. The summed E-state index contributed by atoms with van der Waals surface area (Å²) in [5, 5.41) is 2.95. The molecule has 196 valence electrons. The number of nitrogens with zero attached hydrogens (tertiary/aromatic N) is 1. The van der Waals surface area contributed by atoms with Crippen LogP contribution in [0.1, 0.15) is 24.5 Å². The summed E-state index contributed by atoms with van der Waals surface area (Å²) in [6.45, 7) is 2.68. The first-order valence-corrected chi connectivity index (χ1v) is 12.5. The molecule has 1 aliphatic rings. The molecule has 0 aliphatic carbocycles. The monoisotopic (exact) mass is 554 g/mol. The third kappa shape index (κ3) is 5.93. The Bertz CT molecular complexity index is 1400. The lowest BCUT2D eigenvalue weighted by Gasteiger charge is -2.26. The number of barbiturate groups is 1. The number of urea groups is 1. The van der Waals surface area contributed by atoms with E-state index in [1.54, 1.807) is 36.4 Å². The number of hydrogen-bond donors (Lipinski definition) is 1. The summed E-state index contributed by atoms with van der Waals surface area (Å²) in [4.78, 5) is 39.3. The van der Waals surface area contributed by atoms with E-state index in [0.29, 0.717) is 22.9 Å². The minimum absolute atomic E-state index is 0.149. The van der Waals surface area contributed by atoms with Gasteiger partial charge in [-0.05, 0) is 60.5 Å². The Labute approximate surface area is 229 Å².